The van der Waals surface area contributed by atoms with Gasteiger partial charge in [-0.15, -0.1) is 0 Å². The second-order valence-corrected chi connectivity index (χ2v) is 17.4. The molecule has 0 unspecified atom stereocenters. The minimum atomic E-state index is -0.408. The molecule has 296 valence electrons. The first kappa shape index (κ1) is 35.3. The normalized spacial score (nSPS) is 13.1. The monoisotopic (exact) mass is 810 g/mol. The largest absolute Gasteiger partial charge is 0.307 e. The van der Waals surface area contributed by atoms with Gasteiger partial charge in [-0.25, -0.2) is 4.98 Å². The number of hydrogen-bond donors (Lipinski definition) is 0. The Morgan fingerprint density at radius 3 is 1.53 bits per heavy atom. The number of nitrogens with zero attached hydrogens (tertiary/aromatic N) is 2. The lowest BCUT2D eigenvalue weighted by Crippen LogP contribution is -2.25. The minimum Gasteiger partial charge on any atom is -0.307 e. The summed E-state index contributed by atoms with van der Waals surface area (Å²) in [6, 6.07) is 85.2. The Hall–Kier alpha value is -8.33. The van der Waals surface area contributed by atoms with E-state index in [4.69, 9.17) is 4.98 Å². The van der Waals surface area contributed by atoms with E-state index in [1.807, 2.05) is 0 Å². The van der Waals surface area contributed by atoms with Gasteiger partial charge in [0, 0.05) is 27.4 Å². The van der Waals surface area contributed by atoms with Gasteiger partial charge in [0.25, 0.3) is 0 Å². The Morgan fingerprint density at radius 1 is 0.344 bits per heavy atom. The van der Waals surface area contributed by atoms with Gasteiger partial charge in [-0.05, 0) is 120 Å². The highest BCUT2D eigenvalue weighted by molar-refractivity contribution is 6.23. The number of para-hydroxylation sites is 2. The molecule has 2 aliphatic carbocycles. The zero-order valence-corrected chi connectivity index (χ0v) is 34.8. The van der Waals surface area contributed by atoms with Gasteiger partial charge in [0.1, 0.15) is 0 Å². The van der Waals surface area contributed by atoms with E-state index in [2.05, 4.69) is 235 Å². The third kappa shape index (κ3) is 4.77. The second-order valence-electron chi connectivity index (χ2n) is 17.4. The summed E-state index contributed by atoms with van der Waals surface area (Å²) in [5.74, 6) is 0. The van der Waals surface area contributed by atoms with Crippen LogP contribution in [0.1, 0.15) is 22.3 Å². The first-order valence-corrected chi connectivity index (χ1v) is 22.2. The molecule has 0 fully saturated rings. The number of aromatic nitrogens is 2. The maximum Gasteiger partial charge on any atom is 0.0956 e. The van der Waals surface area contributed by atoms with Crippen LogP contribution in [-0.2, 0) is 5.41 Å². The molecule has 64 heavy (non-hydrogen) atoms. The standard InChI is InChI=1S/C62H38N2/c1-2-16-40(17-3-1)60-61-59(49-23-9-14-28-57(49)63-60)50-24-10-15-29-58(50)64(61)44-33-30-39(31-34-44)51-36-41-18-4-5-19-42(41)37-52(51)43-32-35-48-47-22-8-13-27-55(47)62(56(48)38-43)53-25-11-6-20-45(53)46-21-7-12-26-54(46)62/h1-38H. The average molecular weight is 811 g/mol. The third-order valence-electron chi connectivity index (χ3n) is 14.2. The first-order chi connectivity index (χ1) is 31.8. The van der Waals surface area contributed by atoms with Crippen LogP contribution in [0.4, 0.5) is 0 Å². The van der Waals surface area contributed by atoms with Crippen molar-refractivity contribution in [3.63, 3.8) is 0 Å². The van der Waals surface area contributed by atoms with Crippen LogP contribution in [0.15, 0.2) is 231 Å². The molecule has 1 spiro atoms. The van der Waals surface area contributed by atoms with Gasteiger partial charge in [0.05, 0.1) is 27.7 Å². The van der Waals surface area contributed by atoms with E-state index in [1.54, 1.807) is 0 Å². The van der Waals surface area contributed by atoms with Crippen LogP contribution in [0.3, 0.4) is 0 Å². The molecule has 0 saturated heterocycles. The van der Waals surface area contributed by atoms with Crippen molar-refractivity contribution in [1.29, 1.82) is 0 Å². The van der Waals surface area contributed by atoms with Crippen molar-refractivity contribution in [3.8, 4) is 61.5 Å². The lowest BCUT2D eigenvalue weighted by molar-refractivity contribution is 0.794. The Labute approximate surface area is 371 Å². The minimum absolute atomic E-state index is 0.408. The summed E-state index contributed by atoms with van der Waals surface area (Å²) in [4.78, 5) is 5.36. The summed E-state index contributed by atoms with van der Waals surface area (Å²) in [5, 5.41) is 6.06. The van der Waals surface area contributed by atoms with Gasteiger partial charge in [-0.1, -0.05) is 188 Å². The highest BCUT2D eigenvalue weighted by atomic mass is 15.0. The second kappa shape index (κ2) is 13.3. The number of fused-ring (bicyclic) bond motifs is 16. The van der Waals surface area contributed by atoms with Crippen molar-refractivity contribution in [3.05, 3.63) is 253 Å². The van der Waals surface area contributed by atoms with Gasteiger partial charge in [0.15, 0.2) is 0 Å². The molecule has 0 bridgehead atoms. The number of hydrogen-bond acceptors (Lipinski definition) is 1. The molecular weight excluding hydrogens is 773 g/mol. The van der Waals surface area contributed by atoms with Crippen LogP contribution in [-0.4, -0.2) is 9.55 Å². The van der Waals surface area contributed by atoms with Crippen molar-refractivity contribution in [2.24, 2.45) is 0 Å². The zero-order valence-electron chi connectivity index (χ0n) is 34.8. The molecule has 2 aliphatic rings. The molecule has 14 rings (SSSR count). The third-order valence-corrected chi connectivity index (χ3v) is 14.2. The fourth-order valence-corrected chi connectivity index (χ4v) is 11.5. The van der Waals surface area contributed by atoms with Crippen molar-refractivity contribution < 1.29 is 0 Å². The van der Waals surface area contributed by atoms with Crippen molar-refractivity contribution in [1.82, 2.24) is 9.55 Å². The van der Waals surface area contributed by atoms with Crippen LogP contribution in [0.25, 0.3) is 105 Å². The van der Waals surface area contributed by atoms with E-state index in [0.29, 0.717) is 0 Å². The van der Waals surface area contributed by atoms with E-state index < -0.39 is 5.41 Å². The molecule has 0 saturated carbocycles. The summed E-state index contributed by atoms with van der Waals surface area (Å²) in [7, 11) is 0. The summed E-state index contributed by atoms with van der Waals surface area (Å²) in [5.41, 5.74) is 21.6. The SMILES string of the molecule is c1ccc(-c2nc3ccccc3c3c4ccccc4n(-c4ccc(-c5cc6ccccc6cc5-c5ccc6c(c5)C5(c7ccccc7-c7ccccc75)c5ccccc5-6)cc4)c23)cc1. The van der Waals surface area contributed by atoms with Gasteiger partial charge in [-0.3, -0.25) is 0 Å². The van der Waals surface area contributed by atoms with Gasteiger partial charge in [-0.2, -0.15) is 0 Å². The number of rotatable bonds is 4. The number of pyridine rings is 1. The lowest BCUT2D eigenvalue weighted by Gasteiger charge is -2.30. The van der Waals surface area contributed by atoms with Crippen LogP contribution in [0.2, 0.25) is 0 Å². The molecule has 0 atom stereocenters. The fraction of sp³-hybridized carbons (Fsp3) is 0.0161. The van der Waals surface area contributed by atoms with Gasteiger partial charge >= 0.3 is 0 Å². The quantitative estimate of drug-likeness (QED) is 0.173. The molecular formula is C62H38N2. The maximum absolute atomic E-state index is 5.36. The lowest BCUT2D eigenvalue weighted by atomic mass is 9.70. The predicted molar refractivity (Wildman–Crippen MR) is 266 cm³/mol. The topological polar surface area (TPSA) is 17.8 Å². The van der Waals surface area contributed by atoms with E-state index >= 15 is 0 Å². The van der Waals surface area contributed by atoms with E-state index in [1.165, 1.54) is 88.3 Å². The molecule has 2 aromatic heterocycles. The van der Waals surface area contributed by atoms with Crippen molar-refractivity contribution in [2.75, 3.05) is 0 Å². The fourth-order valence-electron chi connectivity index (χ4n) is 11.5. The van der Waals surface area contributed by atoms with Gasteiger partial charge in [0.2, 0.25) is 0 Å². The van der Waals surface area contributed by atoms with Crippen molar-refractivity contribution in [2.45, 2.75) is 5.41 Å². The van der Waals surface area contributed by atoms with Crippen LogP contribution in [0.5, 0.6) is 0 Å². The highest BCUT2D eigenvalue weighted by Gasteiger charge is 2.51. The van der Waals surface area contributed by atoms with Crippen LogP contribution < -0.4 is 0 Å². The molecule has 0 amide bonds. The van der Waals surface area contributed by atoms with E-state index in [-0.39, 0.29) is 0 Å². The molecule has 12 aromatic rings. The highest BCUT2D eigenvalue weighted by Crippen LogP contribution is 2.63. The summed E-state index contributed by atoms with van der Waals surface area (Å²) in [6.07, 6.45) is 0. The number of benzene rings is 10. The van der Waals surface area contributed by atoms with Gasteiger partial charge < -0.3 is 4.57 Å². The van der Waals surface area contributed by atoms with Crippen LogP contribution in [0, 0.1) is 0 Å². The van der Waals surface area contributed by atoms with Crippen LogP contribution >= 0.6 is 0 Å². The molecule has 0 N–H and O–H groups in total. The summed E-state index contributed by atoms with van der Waals surface area (Å²) >= 11 is 0. The summed E-state index contributed by atoms with van der Waals surface area (Å²) < 4.78 is 2.42. The molecule has 0 radical (unpaired) electrons. The zero-order chi connectivity index (χ0) is 41.9. The Morgan fingerprint density at radius 2 is 0.859 bits per heavy atom. The molecule has 2 heteroatoms. The molecule has 0 aliphatic heterocycles. The summed E-state index contributed by atoms with van der Waals surface area (Å²) in [6.45, 7) is 0. The molecule has 2 nitrogen and oxygen atoms in total. The maximum atomic E-state index is 5.36. The Balaban J connectivity index is 0.983. The molecule has 2 heterocycles. The molecule has 10 aromatic carbocycles. The first-order valence-electron chi connectivity index (χ1n) is 22.2. The Kier molecular flexibility index (Phi) is 7.35. The predicted octanol–water partition coefficient (Wildman–Crippen LogP) is 15.8. The Bertz CT molecular complexity index is 3830. The van der Waals surface area contributed by atoms with E-state index in [9.17, 15) is 0 Å². The van der Waals surface area contributed by atoms with Crippen molar-refractivity contribution >= 4 is 43.5 Å². The van der Waals surface area contributed by atoms with E-state index in [0.717, 1.165) is 38.9 Å². The smallest absolute Gasteiger partial charge is 0.0956 e. The average Bonchev–Trinajstić information content (AvgIpc) is 3.98.